The second-order valence-corrected chi connectivity index (χ2v) is 22.0. The highest BCUT2D eigenvalue weighted by Crippen LogP contribution is 2.49. The molecule has 0 aromatic heterocycles. The Hall–Kier alpha value is -6.26. The molecule has 80 heavy (non-hydrogen) atoms. The highest BCUT2D eigenvalue weighted by Gasteiger charge is 2.52. The largest absolute Gasteiger partial charge is 0.507 e. The van der Waals surface area contributed by atoms with Crippen molar-refractivity contribution >= 4 is 47.1 Å². The van der Waals surface area contributed by atoms with Crippen LogP contribution in [0.1, 0.15) is 141 Å². The molecular weight excluding hydrogens is 1040 g/mol. The molecule has 2 aliphatic heterocycles. The molecule has 0 spiro atoms. The molecule has 1 aromatic rings. The first-order valence-corrected chi connectivity index (χ1v) is 27.4. The van der Waals surface area contributed by atoms with Gasteiger partial charge in [0, 0.05) is 87.0 Å². The van der Waals surface area contributed by atoms with Crippen molar-refractivity contribution in [2.75, 3.05) is 59.8 Å². The van der Waals surface area contributed by atoms with E-state index in [-0.39, 0.29) is 65.7 Å². The number of allylic oxidation sites excluding steroid dienone is 5. The van der Waals surface area contributed by atoms with E-state index in [9.17, 15) is 48.9 Å². The first-order valence-electron chi connectivity index (χ1n) is 27.4. The molecule has 1 amide bonds. The Morgan fingerprint density at radius 3 is 2.09 bits per heavy atom. The molecular formula is C59H86N4O17. The fourth-order valence-corrected chi connectivity index (χ4v) is 9.84. The standard InChI is InChI=1S/C59H86N4O17/c1-16-43(65)76-31-77-57(73)61-29-44(66)75-27-23-60-28-45(67)79-54(34(5)19-17-18-33(4)41(12)64)39(10)51(69)38(9)50(68)37(8)42(74-15)20-26-78-59(14)56(72)48-46-47(53(71)40(11)55(48)80-59)52(70)36(7)35(6)49(46)62-58(13)21-24-63(25-22-58)30-32(2)3/h17-20,26,32,34,37-39,42,50-51,54,60,68-69,71H,16,21-25,27-31H2,1-15H3,(H,61,73)/b19-17+,26-20+,33-18-,62-49+/t34-,37+,38-,39-,42-,50+,51-,54-,59-/m0/s1. The lowest BCUT2D eigenvalue weighted by Gasteiger charge is -2.38. The van der Waals surface area contributed by atoms with Gasteiger partial charge >= 0.3 is 29.8 Å². The zero-order valence-electron chi connectivity index (χ0n) is 49.3. The van der Waals surface area contributed by atoms with Gasteiger partial charge in [0.2, 0.25) is 6.79 Å². The minimum Gasteiger partial charge on any atom is -0.507 e. The second kappa shape index (κ2) is 29.5. The summed E-state index contributed by atoms with van der Waals surface area (Å²) < 4.78 is 38.5. The van der Waals surface area contributed by atoms with Gasteiger partial charge in [0.05, 0.1) is 53.5 Å². The number of ether oxygens (including phenoxy) is 7. The lowest BCUT2D eigenvalue weighted by molar-refractivity contribution is -0.158. The first kappa shape index (κ1) is 66.3. The van der Waals surface area contributed by atoms with Crippen molar-refractivity contribution in [1.82, 2.24) is 15.5 Å². The van der Waals surface area contributed by atoms with Crippen molar-refractivity contribution in [3.05, 3.63) is 69.5 Å². The number of phenolic OH excluding ortho intramolecular Hbond substituents is 1. The van der Waals surface area contributed by atoms with Gasteiger partial charge in [-0.2, -0.15) is 0 Å². The number of Topliss-reactive ketones (excluding diaryl/α,β-unsaturated/α-hetero) is 3. The van der Waals surface area contributed by atoms with Gasteiger partial charge in [-0.15, -0.1) is 0 Å². The summed E-state index contributed by atoms with van der Waals surface area (Å²) in [5, 5.41) is 40.4. The second-order valence-electron chi connectivity index (χ2n) is 22.0. The number of carbonyl (C=O) groups is 7. The molecule has 0 saturated carbocycles. The van der Waals surface area contributed by atoms with Crippen LogP contribution < -0.4 is 15.4 Å². The number of phenols is 1. The molecule has 21 heteroatoms. The highest BCUT2D eigenvalue weighted by atomic mass is 16.7. The third kappa shape index (κ3) is 16.9. The molecule has 0 unspecified atom stereocenters. The average molecular weight is 1120 g/mol. The summed E-state index contributed by atoms with van der Waals surface area (Å²) in [5.41, 5.74) is 1.97. The maximum absolute atomic E-state index is 14.7. The summed E-state index contributed by atoms with van der Waals surface area (Å²) in [5.74, 6) is -7.68. The van der Waals surface area contributed by atoms with E-state index in [4.69, 9.17) is 28.7 Å². The van der Waals surface area contributed by atoms with Crippen LogP contribution in [0.3, 0.4) is 0 Å². The Bertz CT molecular complexity index is 2590. The maximum atomic E-state index is 14.7. The fourth-order valence-electron chi connectivity index (χ4n) is 9.84. The van der Waals surface area contributed by atoms with Crippen LogP contribution >= 0.6 is 0 Å². The number of amides is 1. The molecule has 21 nitrogen and oxygen atoms in total. The quantitative estimate of drug-likeness (QED) is 0.0115. The van der Waals surface area contributed by atoms with Gasteiger partial charge in [0.25, 0.3) is 5.78 Å². The van der Waals surface area contributed by atoms with Gasteiger partial charge in [-0.25, -0.2) is 4.79 Å². The summed E-state index contributed by atoms with van der Waals surface area (Å²) in [6.45, 7) is 25.5. The summed E-state index contributed by atoms with van der Waals surface area (Å²) in [7, 11) is 1.43. The molecule has 3 aliphatic rings. The number of alkyl carbamates (subject to hydrolysis) is 1. The van der Waals surface area contributed by atoms with E-state index in [1.165, 1.54) is 33.3 Å². The Kier molecular flexibility index (Phi) is 24.4. The van der Waals surface area contributed by atoms with Gasteiger partial charge in [-0.05, 0) is 77.5 Å². The molecule has 2 heterocycles. The number of aliphatic hydroxyl groups is 2. The normalized spacial score (nSPS) is 21.0. The van der Waals surface area contributed by atoms with Gasteiger partial charge < -0.3 is 64.0 Å². The Morgan fingerprint density at radius 2 is 1.48 bits per heavy atom. The number of piperidine rings is 1. The van der Waals surface area contributed by atoms with Crippen LogP contribution in [-0.4, -0.2) is 163 Å². The van der Waals surface area contributed by atoms with Crippen LogP contribution in [0.4, 0.5) is 4.79 Å². The zero-order valence-corrected chi connectivity index (χ0v) is 49.3. The number of benzene rings is 1. The van der Waals surface area contributed by atoms with Crippen LogP contribution in [0, 0.1) is 36.5 Å². The number of aliphatic imine (C=N–C) groups is 1. The third-order valence-corrected chi connectivity index (χ3v) is 15.3. The van der Waals surface area contributed by atoms with Crippen molar-refractivity contribution in [1.29, 1.82) is 0 Å². The number of nitrogens with zero attached hydrogens (tertiary/aromatic N) is 2. The van der Waals surface area contributed by atoms with E-state index in [1.54, 1.807) is 80.5 Å². The highest BCUT2D eigenvalue weighted by molar-refractivity contribution is 6.33. The van der Waals surface area contributed by atoms with E-state index in [0.717, 1.165) is 32.5 Å². The van der Waals surface area contributed by atoms with Crippen LogP contribution in [0.5, 0.6) is 11.5 Å². The van der Waals surface area contributed by atoms with E-state index in [1.807, 2.05) is 0 Å². The molecule has 9 atom stereocenters. The molecule has 0 bridgehead atoms. The van der Waals surface area contributed by atoms with Crippen LogP contribution in [-0.2, 0) is 47.6 Å². The number of rotatable bonds is 28. The van der Waals surface area contributed by atoms with Crippen molar-refractivity contribution in [3.8, 4) is 11.5 Å². The number of fused-ring (bicyclic) bond motifs is 3. The molecule has 1 fully saturated rings. The lowest BCUT2D eigenvalue weighted by Crippen LogP contribution is -2.46. The smallest absolute Gasteiger partial charge is 0.410 e. The maximum Gasteiger partial charge on any atom is 0.410 e. The lowest BCUT2D eigenvalue weighted by atomic mass is 9.78. The Balaban J connectivity index is 1.46. The number of esters is 3. The molecule has 444 valence electrons. The van der Waals surface area contributed by atoms with E-state index < -0.39 is 108 Å². The summed E-state index contributed by atoms with van der Waals surface area (Å²) in [6, 6.07) is 0. The van der Waals surface area contributed by atoms with E-state index in [2.05, 4.69) is 45.8 Å². The van der Waals surface area contributed by atoms with Crippen LogP contribution in [0.2, 0.25) is 0 Å². The first-order chi connectivity index (χ1) is 37.5. The van der Waals surface area contributed by atoms with Crippen molar-refractivity contribution < 1.29 is 82.0 Å². The number of hydrogen-bond donors (Lipinski definition) is 5. The van der Waals surface area contributed by atoms with Gasteiger partial charge in [0.1, 0.15) is 30.8 Å². The minimum atomic E-state index is -1.96. The number of aliphatic hydroxyl groups excluding tert-OH is 2. The van der Waals surface area contributed by atoms with Gasteiger partial charge in [-0.1, -0.05) is 66.7 Å². The summed E-state index contributed by atoms with van der Waals surface area (Å²) in [4.78, 5) is 96.6. The number of likely N-dealkylation sites (tertiary alicyclic amines) is 1. The Morgan fingerprint density at radius 1 is 0.825 bits per heavy atom. The number of ketones is 3. The molecule has 0 radical (unpaired) electrons. The van der Waals surface area contributed by atoms with Gasteiger partial charge in [-0.3, -0.25) is 33.8 Å². The third-order valence-electron chi connectivity index (χ3n) is 15.3. The van der Waals surface area contributed by atoms with E-state index >= 15 is 0 Å². The number of carbonyl (C=O) groups excluding carboxylic acids is 7. The van der Waals surface area contributed by atoms with Crippen LogP contribution in [0.25, 0.3) is 0 Å². The predicted molar refractivity (Wildman–Crippen MR) is 297 cm³/mol. The number of nitrogens with one attached hydrogen (secondary N) is 2. The molecule has 4 rings (SSSR count). The molecule has 1 aromatic carbocycles. The molecule has 5 N–H and O–H groups in total. The molecule has 1 saturated heterocycles. The van der Waals surface area contributed by atoms with E-state index in [0.29, 0.717) is 28.3 Å². The summed E-state index contributed by atoms with van der Waals surface area (Å²) in [6.07, 6.45) is 4.11. The number of methoxy groups -OCH3 is 1. The molecule has 1 aliphatic carbocycles. The summed E-state index contributed by atoms with van der Waals surface area (Å²) >= 11 is 0. The fraction of sp³-hybridized carbons (Fsp3) is 0.627. The predicted octanol–water partition coefficient (Wildman–Crippen LogP) is 6.41. The van der Waals surface area contributed by atoms with Crippen molar-refractivity contribution in [3.63, 3.8) is 0 Å². The van der Waals surface area contributed by atoms with Crippen LogP contribution in [0.15, 0.2) is 52.3 Å². The van der Waals surface area contributed by atoms with Crippen molar-refractivity contribution in [2.45, 2.75) is 152 Å². The Labute approximate surface area is 470 Å². The monoisotopic (exact) mass is 1120 g/mol. The average Bonchev–Trinajstić information content (AvgIpc) is 3.85. The number of hydrogen-bond acceptors (Lipinski definition) is 20. The topological polar surface area (TPSA) is 284 Å². The SMILES string of the molecule is CCC(=O)OCOC(=O)NCC(=O)OCCNCC(=O)O[C@H]([C@@H](C)[C@@H](O)[C@@H](C)[C@H](O)[C@H](C)[C@H](/C=C/O[C@@]1(C)Oc2c(C)c(O)c3c(c2C1=O)/C(=N/C1(C)CCN(CC(C)C)CC1)C(C)=C(C)C3=O)OC)[C@@H](C)/C=C/C=C(/C)C(C)=O. The minimum absolute atomic E-state index is 0.00325. The number of aromatic hydroxyl groups is 1. The van der Waals surface area contributed by atoms with Gasteiger partial charge in [0.15, 0.2) is 11.6 Å². The van der Waals surface area contributed by atoms with Crippen molar-refractivity contribution in [2.24, 2.45) is 34.6 Å². The zero-order chi connectivity index (χ0) is 60.0.